The number of nitrogens with one attached hydrogen (secondary N) is 1. The molecule has 3 aliphatic rings. The molecule has 1 aliphatic carbocycles. The molecule has 1 atom stereocenters. The Bertz CT molecular complexity index is 1280. The molecule has 6 nitrogen and oxygen atoms in total. The summed E-state index contributed by atoms with van der Waals surface area (Å²) in [6.45, 7) is 3.99. The SMILES string of the molecule is CC1CCc2c(ccc(-c3cnn(C4CCNCC4)c3)c2Oc2cc(F)cc(F)c2)N1C(=O)C1CC1. The minimum Gasteiger partial charge on any atom is -0.456 e. The lowest BCUT2D eigenvalue weighted by atomic mass is 9.92. The first kappa shape index (κ1) is 23.2. The second-order valence-electron chi connectivity index (χ2n) is 10.2. The molecule has 36 heavy (non-hydrogen) atoms. The maximum Gasteiger partial charge on any atom is 0.230 e. The number of hydrogen-bond acceptors (Lipinski definition) is 4. The van der Waals surface area contributed by atoms with E-state index in [4.69, 9.17) is 4.74 Å². The van der Waals surface area contributed by atoms with Gasteiger partial charge in [-0.25, -0.2) is 8.78 Å². The molecule has 0 radical (unpaired) electrons. The fourth-order valence-corrected chi connectivity index (χ4v) is 5.46. The van der Waals surface area contributed by atoms with Gasteiger partial charge in [-0.2, -0.15) is 5.10 Å². The molecule has 188 valence electrons. The van der Waals surface area contributed by atoms with Crippen molar-refractivity contribution in [2.45, 2.75) is 57.5 Å². The lowest BCUT2D eigenvalue weighted by Gasteiger charge is -2.36. The monoisotopic (exact) mass is 492 g/mol. The summed E-state index contributed by atoms with van der Waals surface area (Å²) in [6, 6.07) is 7.53. The van der Waals surface area contributed by atoms with Crippen LogP contribution < -0.4 is 15.0 Å². The van der Waals surface area contributed by atoms with E-state index in [0.29, 0.717) is 18.2 Å². The van der Waals surface area contributed by atoms with Gasteiger partial charge in [0.1, 0.15) is 23.1 Å². The van der Waals surface area contributed by atoms with Crippen molar-refractivity contribution in [3.63, 3.8) is 0 Å². The zero-order valence-corrected chi connectivity index (χ0v) is 20.3. The first-order valence-electron chi connectivity index (χ1n) is 12.9. The molecule has 3 heterocycles. The van der Waals surface area contributed by atoms with E-state index in [1.54, 1.807) is 0 Å². The number of piperidine rings is 1. The molecule has 1 saturated carbocycles. The van der Waals surface area contributed by atoms with Crippen molar-refractivity contribution in [2.24, 2.45) is 5.92 Å². The highest BCUT2D eigenvalue weighted by Gasteiger charge is 2.39. The topological polar surface area (TPSA) is 59.4 Å². The van der Waals surface area contributed by atoms with Crippen LogP contribution in [0.2, 0.25) is 0 Å². The van der Waals surface area contributed by atoms with Crippen LogP contribution in [0.5, 0.6) is 11.5 Å². The zero-order chi connectivity index (χ0) is 24.8. The van der Waals surface area contributed by atoms with Gasteiger partial charge in [0.15, 0.2) is 0 Å². The van der Waals surface area contributed by atoms with E-state index in [1.165, 1.54) is 12.1 Å². The number of nitrogens with zero attached hydrogens (tertiary/aromatic N) is 3. The van der Waals surface area contributed by atoms with Crippen LogP contribution in [0.15, 0.2) is 42.7 Å². The summed E-state index contributed by atoms with van der Waals surface area (Å²) in [5, 5.41) is 8.02. The van der Waals surface area contributed by atoms with Gasteiger partial charge in [0.05, 0.1) is 17.9 Å². The smallest absolute Gasteiger partial charge is 0.230 e. The fourth-order valence-electron chi connectivity index (χ4n) is 5.46. The van der Waals surface area contributed by atoms with Crippen molar-refractivity contribution in [1.82, 2.24) is 15.1 Å². The van der Waals surface area contributed by atoms with Crippen molar-refractivity contribution < 1.29 is 18.3 Å². The van der Waals surface area contributed by atoms with Gasteiger partial charge in [-0.05, 0) is 70.7 Å². The minimum atomic E-state index is -0.700. The second kappa shape index (κ2) is 9.32. The van der Waals surface area contributed by atoms with Gasteiger partial charge in [-0.1, -0.05) is 0 Å². The van der Waals surface area contributed by atoms with Gasteiger partial charge in [-0.15, -0.1) is 0 Å². The Hall–Kier alpha value is -3.26. The Labute approximate surface area is 209 Å². The van der Waals surface area contributed by atoms with E-state index < -0.39 is 11.6 Å². The molecule has 6 rings (SSSR count). The Morgan fingerprint density at radius 3 is 2.53 bits per heavy atom. The second-order valence-corrected chi connectivity index (χ2v) is 10.2. The maximum atomic E-state index is 14.0. The molecule has 1 N–H and O–H groups in total. The van der Waals surface area contributed by atoms with Crippen molar-refractivity contribution in [3.05, 3.63) is 59.9 Å². The third-order valence-electron chi connectivity index (χ3n) is 7.56. The van der Waals surface area contributed by atoms with Crippen molar-refractivity contribution in [2.75, 3.05) is 18.0 Å². The van der Waals surface area contributed by atoms with Crippen molar-refractivity contribution >= 4 is 11.6 Å². The van der Waals surface area contributed by atoms with Crippen LogP contribution in [0.25, 0.3) is 11.1 Å². The van der Waals surface area contributed by atoms with E-state index in [1.807, 2.05) is 34.1 Å². The summed E-state index contributed by atoms with van der Waals surface area (Å²) >= 11 is 0. The van der Waals surface area contributed by atoms with Gasteiger partial charge in [0.25, 0.3) is 0 Å². The number of carbonyl (C=O) groups excluding carboxylic acids is 1. The molecule has 1 saturated heterocycles. The highest BCUT2D eigenvalue weighted by Crippen LogP contribution is 2.46. The molecule has 0 spiro atoms. The van der Waals surface area contributed by atoms with E-state index in [2.05, 4.69) is 17.3 Å². The van der Waals surface area contributed by atoms with E-state index >= 15 is 0 Å². The maximum absolute atomic E-state index is 14.0. The van der Waals surface area contributed by atoms with E-state index in [-0.39, 0.29) is 23.6 Å². The standard InChI is InChI=1S/C28H30F2N4O2/c1-17-2-5-25-26(34(17)28(35)18-3-4-18)7-6-24(27(25)36-23-13-20(29)12-21(30)14-23)19-15-32-33(16-19)22-8-10-31-11-9-22/h6-7,12-18,22,31H,2-5,8-11H2,1H3. The normalized spacial score (nSPS) is 20.3. The van der Waals surface area contributed by atoms with Crippen LogP contribution in [-0.4, -0.2) is 34.8 Å². The molecule has 1 amide bonds. The number of halogens is 2. The number of anilines is 1. The predicted octanol–water partition coefficient (Wildman–Crippen LogP) is 5.62. The third-order valence-corrected chi connectivity index (χ3v) is 7.56. The quantitative estimate of drug-likeness (QED) is 0.502. The summed E-state index contributed by atoms with van der Waals surface area (Å²) in [6.07, 6.45) is 9.21. The molecule has 2 aromatic carbocycles. The molecule has 1 unspecified atom stereocenters. The summed E-state index contributed by atoms with van der Waals surface area (Å²) in [5.74, 6) is -0.543. The first-order valence-corrected chi connectivity index (χ1v) is 12.9. The number of fused-ring (bicyclic) bond motifs is 1. The third kappa shape index (κ3) is 4.39. The van der Waals surface area contributed by atoms with Crippen LogP contribution in [0.4, 0.5) is 14.5 Å². The Morgan fingerprint density at radius 2 is 1.81 bits per heavy atom. The van der Waals surface area contributed by atoms with E-state index in [9.17, 15) is 13.6 Å². The molecule has 1 aromatic heterocycles. The number of rotatable bonds is 5. The van der Waals surface area contributed by atoms with Gasteiger partial charge in [0, 0.05) is 53.0 Å². The highest BCUT2D eigenvalue weighted by molar-refractivity contribution is 5.99. The van der Waals surface area contributed by atoms with Gasteiger partial charge >= 0.3 is 0 Å². The van der Waals surface area contributed by atoms with Gasteiger partial charge in [-0.3, -0.25) is 9.48 Å². The fraction of sp³-hybridized carbons (Fsp3) is 0.429. The Morgan fingerprint density at radius 1 is 1.06 bits per heavy atom. The molecule has 3 aromatic rings. The lowest BCUT2D eigenvalue weighted by molar-refractivity contribution is -0.120. The molecule has 2 aliphatic heterocycles. The van der Waals surface area contributed by atoms with E-state index in [0.717, 1.165) is 73.6 Å². The number of aromatic nitrogens is 2. The number of benzene rings is 2. The van der Waals surface area contributed by atoms with Gasteiger partial charge < -0.3 is 15.0 Å². The van der Waals surface area contributed by atoms with Crippen molar-refractivity contribution in [1.29, 1.82) is 0 Å². The lowest BCUT2D eigenvalue weighted by Crippen LogP contribution is -2.43. The van der Waals surface area contributed by atoms with Crippen LogP contribution in [0.3, 0.4) is 0 Å². The summed E-state index contributed by atoms with van der Waals surface area (Å²) in [7, 11) is 0. The predicted molar refractivity (Wildman–Crippen MR) is 133 cm³/mol. The molecular weight excluding hydrogens is 462 g/mol. The van der Waals surface area contributed by atoms with Crippen LogP contribution in [0.1, 0.15) is 50.6 Å². The average Bonchev–Trinajstić information content (AvgIpc) is 3.60. The summed E-state index contributed by atoms with van der Waals surface area (Å²) in [4.78, 5) is 15.1. The number of ether oxygens (including phenoxy) is 1. The first-order chi connectivity index (χ1) is 17.5. The zero-order valence-electron chi connectivity index (χ0n) is 20.3. The number of hydrogen-bond donors (Lipinski definition) is 1. The van der Waals surface area contributed by atoms with Crippen LogP contribution >= 0.6 is 0 Å². The average molecular weight is 493 g/mol. The number of carbonyl (C=O) groups is 1. The molecule has 0 bridgehead atoms. The van der Waals surface area contributed by atoms with Crippen molar-refractivity contribution in [3.8, 4) is 22.6 Å². The number of amides is 1. The Balaban J connectivity index is 1.45. The highest BCUT2D eigenvalue weighted by atomic mass is 19.1. The molecule has 8 heteroatoms. The van der Waals surface area contributed by atoms with Crippen LogP contribution in [0, 0.1) is 17.6 Å². The van der Waals surface area contributed by atoms with Gasteiger partial charge in [0.2, 0.25) is 5.91 Å². The summed E-state index contributed by atoms with van der Waals surface area (Å²) in [5.41, 5.74) is 3.39. The largest absolute Gasteiger partial charge is 0.456 e. The van der Waals surface area contributed by atoms with Crippen LogP contribution in [-0.2, 0) is 11.2 Å². The molecular formula is C28H30F2N4O2. The minimum absolute atomic E-state index is 0.0820. The summed E-state index contributed by atoms with van der Waals surface area (Å²) < 4.78 is 36.3. The Kier molecular flexibility index (Phi) is 5.99. The molecule has 2 fully saturated rings.